The van der Waals surface area contributed by atoms with Crippen molar-refractivity contribution in [1.29, 1.82) is 0 Å². The molecule has 104 valence electrons. The van der Waals surface area contributed by atoms with E-state index in [0.29, 0.717) is 11.0 Å². The Balaban J connectivity index is 2.20. The Bertz CT molecular complexity index is 465. The fourth-order valence-corrected chi connectivity index (χ4v) is 2.93. The molecule has 1 aliphatic rings. The molecule has 1 saturated heterocycles. The van der Waals surface area contributed by atoms with Crippen molar-refractivity contribution in [2.75, 3.05) is 32.1 Å². The number of aromatic nitrogens is 1. The number of nitrogens with two attached hydrogens (primary N) is 1. The molecule has 0 bridgehead atoms. The first kappa shape index (κ1) is 14.2. The molecule has 1 aliphatic heterocycles. The summed E-state index contributed by atoms with van der Waals surface area (Å²) in [5.41, 5.74) is 7.89. The lowest BCUT2D eigenvalue weighted by Gasteiger charge is -2.36. The van der Waals surface area contributed by atoms with Crippen LogP contribution in [0.15, 0.2) is 12.3 Å². The molecule has 2 heterocycles. The topological polar surface area (TPSA) is 45.4 Å². The monoisotopic (exact) mass is 278 g/mol. The Morgan fingerprint density at radius 2 is 2.05 bits per heavy atom. The quantitative estimate of drug-likeness (QED) is 0.850. The molecule has 0 atom stereocenters. The number of thiocarbonyl (C=S) groups is 1. The van der Waals surface area contributed by atoms with E-state index in [0.717, 1.165) is 42.9 Å². The van der Waals surface area contributed by atoms with Gasteiger partial charge in [-0.1, -0.05) is 12.2 Å². The summed E-state index contributed by atoms with van der Waals surface area (Å²) in [6.07, 6.45) is 4.14. The smallest absolute Gasteiger partial charge is 0.139 e. The van der Waals surface area contributed by atoms with E-state index in [1.54, 1.807) is 0 Å². The highest BCUT2D eigenvalue weighted by molar-refractivity contribution is 7.80. The van der Waals surface area contributed by atoms with E-state index in [4.69, 9.17) is 18.0 Å². The third-order valence-corrected chi connectivity index (χ3v) is 4.08. The van der Waals surface area contributed by atoms with Crippen LogP contribution in [0.3, 0.4) is 0 Å². The second kappa shape index (κ2) is 5.84. The first-order valence-corrected chi connectivity index (χ1v) is 7.08. The van der Waals surface area contributed by atoms with Crippen LogP contribution in [0.1, 0.15) is 24.0 Å². The van der Waals surface area contributed by atoms with Gasteiger partial charge in [0.15, 0.2) is 0 Å². The largest absolute Gasteiger partial charge is 0.389 e. The molecule has 5 heteroatoms. The highest BCUT2D eigenvalue weighted by atomic mass is 32.1. The van der Waals surface area contributed by atoms with Crippen LogP contribution >= 0.6 is 12.2 Å². The Hall–Kier alpha value is -1.20. The average Bonchev–Trinajstić information content (AvgIpc) is 2.38. The lowest BCUT2D eigenvalue weighted by atomic mass is 10.0. The standard InChI is InChI=1S/C14H22N4S/c1-10-4-7-16-14(12(10)13(15)19)18-8-5-11(6-9-18)17(2)3/h4,7,11H,5-6,8-9H2,1-3H3,(H2,15,19). The molecule has 0 amide bonds. The molecular formula is C14H22N4S. The number of piperidine rings is 1. The summed E-state index contributed by atoms with van der Waals surface area (Å²) < 4.78 is 0. The maximum absolute atomic E-state index is 5.85. The Morgan fingerprint density at radius 1 is 1.42 bits per heavy atom. The number of anilines is 1. The summed E-state index contributed by atoms with van der Waals surface area (Å²) in [5.74, 6) is 0.949. The number of hydrogen-bond acceptors (Lipinski definition) is 4. The average molecular weight is 278 g/mol. The minimum absolute atomic E-state index is 0.440. The zero-order valence-corrected chi connectivity index (χ0v) is 12.7. The van der Waals surface area contributed by atoms with Gasteiger partial charge >= 0.3 is 0 Å². The summed E-state index contributed by atoms with van der Waals surface area (Å²) in [6.45, 7) is 4.05. The molecule has 2 rings (SSSR count). The van der Waals surface area contributed by atoms with Gasteiger partial charge in [0.25, 0.3) is 0 Å². The van der Waals surface area contributed by atoms with Gasteiger partial charge in [-0.15, -0.1) is 0 Å². The minimum Gasteiger partial charge on any atom is -0.389 e. The third kappa shape index (κ3) is 3.04. The van der Waals surface area contributed by atoms with Gasteiger partial charge in [-0.25, -0.2) is 4.98 Å². The van der Waals surface area contributed by atoms with Crippen LogP contribution in [0.25, 0.3) is 0 Å². The second-order valence-electron chi connectivity index (χ2n) is 5.37. The number of pyridine rings is 1. The number of nitrogens with zero attached hydrogens (tertiary/aromatic N) is 3. The first-order chi connectivity index (χ1) is 9.00. The molecule has 0 unspecified atom stereocenters. The van der Waals surface area contributed by atoms with Crippen molar-refractivity contribution < 1.29 is 0 Å². The van der Waals surface area contributed by atoms with Crippen LogP contribution in [0.4, 0.5) is 5.82 Å². The molecule has 0 aliphatic carbocycles. The highest BCUT2D eigenvalue weighted by Gasteiger charge is 2.24. The first-order valence-electron chi connectivity index (χ1n) is 6.67. The van der Waals surface area contributed by atoms with E-state index in [1.165, 1.54) is 0 Å². The van der Waals surface area contributed by atoms with Crippen LogP contribution in [0.2, 0.25) is 0 Å². The van der Waals surface area contributed by atoms with Gasteiger partial charge in [0.1, 0.15) is 10.8 Å². The fraction of sp³-hybridized carbons (Fsp3) is 0.571. The van der Waals surface area contributed by atoms with Gasteiger partial charge in [0, 0.05) is 25.3 Å². The van der Waals surface area contributed by atoms with Gasteiger partial charge in [0.05, 0.1) is 5.56 Å². The molecule has 19 heavy (non-hydrogen) atoms. The van der Waals surface area contributed by atoms with E-state index >= 15 is 0 Å². The predicted octanol–water partition coefficient (Wildman–Crippen LogP) is 1.55. The summed E-state index contributed by atoms with van der Waals surface area (Å²) in [5, 5.41) is 0. The Morgan fingerprint density at radius 3 is 2.58 bits per heavy atom. The second-order valence-corrected chi connectivity index (χ2v) is 5.81. The highest BCUT2D eigenvalue weighted by Crippen LogP contribution is 2.25. The zero-order valence-electron chi connectivity index (χ0n) is 11.9. The van der Waals surface area contributed by atoms with Gasteiger partial charge < -0.3 is 15.5 Å². The summed E-state index contributed by atoms with van der Waals surface area (Å²) in [6, 6.07) is 2.62. The summed E-state index contributed by atoms with van der Waals surface area (Å²) >= 11 is 5.17. The van der Waals surface area contributed by atoms with Crippen molar-refractivity contribution >= 4 is 23.0 Å². The predicted molar refractivity (Wildman–Crippen MR) is 83.8 cm³/mol. The van der Waals surface area contributed by atoms with Crippen molar-refractivity contribution in [1.82, 2.24) is 9.88 Å². The maximum Gasteiger partial charge on any atom is 0.139 e. The molecule has 0 saturated carbocycles. The van der Waals surface area contributed by atoms with E-state index in [1.807, 2.05) is 19.2 Å². The van der Waals surface area contributed by atoms with Crippen molar-refractivity contribution in [3.63, 3.8) is 0 Å². The lowest BCUT2D eigenvalue weighted by molar-refractivity contribution is 0.249. The van der Waals surface area contributed by atoms with Crippen LogP contribution < -0.4 is 10.6 Å². The van der Waals surface area contributed by atoms with Crippen LogP contribution in [0, 0.1) is 6.92 Å². The molecule has 4 nitrogen and oxygen atoms in total. The summed E-state index contributed by atoms with van der Waals surface area (Å²) in [7, 11) is 4.29. The van der Waals surface area contributed by atoms with E-state index < -0.39 is 0 Å². The lowest BCUT2D eigenvalue weighted by Crippen LogP contribution is -2.43. The third-order valence-electron chi connectivity index (χ3n) is 3.88. The zero-order chi connectivity index (χ0) is 14.0. The van der Waals surface area contributed by atoms with Crippen LogP contribution in [0.5, 0.6) is 0 Å². The molecular weight excluding hydrogens is 256 g/mol. The number of hydrogen-bond donors (Lipinski definition) is 1. The maximum atomic E-state index is 5.85. The van der Waals surface area contributed by atoms with Gasteiger partial charge in [0.2, 0.25) is 0 Å². The molecule has 1 fully saturated rings. The van der Waals surface area contributed by atoms with Crippen molar-refractivity contribution in [2.24, 2.45) is 5.73 Å². The molecule has 1 aromatic rings. The normalized spacial score (nSPS) is 16.9. The molecule has 0 spiro atoms. The summed E-state index contributed by atoms with van der Waals surface area (Å²) in [4.78, 5) is 9.55. The van der Waals surface area contributed by atoms with Gasteiger partial charge in [-0.05, 0) is 45.5 Å². The van der Waals surface area contributed by atoms with Crippen molar-refractivity contribution in [2.45, 2.75) is 25.8 Å². The fourth-order valence-electron chi connectivity index (χ4n) is 2.68. The molecule has 0 aromatic carbocycles. The van der Waals surface area contributed by atoms with Crippen molar-refractivity contribution in [3.05, 3.63) is 23.4 Å². The molecule has 1 aromatic heterocycles. The Labute approximate surface area is 120 Å². The molecule has 0 radical (unpaired) electrons. The van der Waals surface area contributed by atoms with Crippen LogP contribution in [-0.4, -0.2) is 48.1 Å². The Kier molecular flexibility index (Phi) is 4.37. The number of aryl methyl sites for hydroxylation is 1. The van der Waals surface area contributed by atoms with Crippen molar-refractivity contribution in [3.8, 4) is 0 Å². The minimum atomic E-state index is 0.440. The van der Waals surface area contributed by atoms with Gasteiger partial charge in [-0.3, -0.25) is 0 Å². The van der Waals surface area contributed by atoms with E-state index in [-0.39, 0.29) is 0 Å². The number of rotatable bonds is 3. The van der Waals surface area contributed by atoms with Crippen LogP contribution in [-0.2, 0) is 0 Å². The van der Waals surface area contributed by atoms with E-state index in [2.05, 4.69) is 28.9 Å². The molecule has 2 N–H and O–H groups in total. The SMILES string of the molecule is Cc1ccnc(N2CCC(N(C)C)CC2)c1C(N)=S. The van der Waals surface area contributed by atoms with Gasteiger partial charge in [-0.2, -0.15) is 0 Å². The van der Waals surface area contributed by atoms with E-state index in [9.17, 15) is 0 Å².